The average molecular weight is 245 g/mol. The number of amides is 1. The molecule has 0 aliphatic carbocycles. The molecule has 1 amide bonds. The highest BCUT2D eigenvalue weighted by atomic mass is 16.2. The van der Waals surface area contributed by atoms with Gasteiger partial charge in [0.15, 0.2) is 0 Å². The van der Waals surface area contributed by atoms with Gasteiger partial charge in [0.05, 0.1) is 0 Å². The third-order valence-corrected chi connectivity index (χ3v) is 3.94. The number of carbonyl (C=O) groups excluding carboxylic acids is 1. The quantitative estimate of drug-likeness (QED) is 0.867. The first-order valence-electron chi connectivity index (χ1n) is 7.01. The Kier molecular flexibility index (Phi) is 4.40. The molecule has 2 nitrogen and oxygen atoms in total. The van der Waals surface area contributed by atoms with Gasteiger partial charge in [0, 0.05) is 12.0 Å². The van der Waals surface area contributed by atoms with Gasteiger partial charge in [-0.25, -0.2) is 0 Å². The summed E-state index contributed by atoms with van der Waals surface area (Å²) in [6.07, 6.45) is 4.28. The fourth-order valence-corrected chi connectivity index (χ4v) is 2.73. The van der Waals surface area contributed by atoms with Gasteiger partial charge in [-0.1, -0.05) is 44.2 Å². The van der Waals surface area contributed by atoms with Crippen molar-refractivity contribution in [1.29, 1.82) is 0 Å². The van der Waals surface area contributed by atoms with Gasteiger partial charge in [0.2, 0.25) is 5.91 Å². The second-order valence-electron chi connectivity index (χ2n) is 5.66. The molecule has 0 bridgehead atoms. The smallest absolute Gasteiger partial charge is 0.223 e. The molecule has 1 heterocycles. The zero-order valence-corrected chi connectivity index (χ0v) is 11.4. The van der Waals surface area contributed by atoms with Crippen LogP contribution in [0.3, 0.4) is 0 Å². The minimum atomic E-state index is 0.220. The summed E-state index contributed by atoms with van der Waals surface area (Å²) in [5.74, 6) is 0.937. The highest BCUT2D eigenvalue weighted by Gasteiger charge is 2.29. The van der Waals surface area contributed by atoms with Gasteiger partial charge in [0.1, 0.15) is 0 Å². The zero-order chi connectivity index (χ0) is 13.0. The molecule has 1 saturated heterocycles. The van der Waals surface area contributed by atoms with Gasteiger partial charge in [-0.05, 0) is 37.2 Å². The van der Waals surface area contributed by atoms with E-state index < -0.39 is 0 Å². The molecule has 1 aromatic carbocycles. The standard InChI is InChI=1S/C16H23NO/c1-12(2)15-11-10-14(17-16(15)18)9-8-13-6-4-3-5-7-13/h3-7,12,14-15H,8-11H2,1-2H3,(H,17,18). The Balaban J connectivity index is 1.81. The van der Waals surface area contributed by atoms with Crippen molar-refractivity contribution in [2.75, 3.05) is 0 Å². The molecule has 0 aromatic heterocycles. The summed E-state index contributed by atoms with van der Waals surface area (Å²) >= 11 is 0. The Morgan fingerprint density at radius 3 is 2.56 bits per heavy atom. The van der Waals surface area contributed by atoms with E-state index in [1.54, 1.807) is 0 Å². The van der Waals surface area contributed by atoms with Crippen molar-refractivity contribution in [2.24, 2.45) is 11.8 Å². The monoisotopic (exact) mass is 245 g/mol. The molecule has 0 radical (unpaired) electrons. The molecule has 1 aromatic rings. The number of hydrogen-bond donors (Lipinski definition) is 1. The first-order valence-corrected chi connectivity index (χ1v) is 7.01. The Morgan fingerprint density at radius 1 is 1.22 bits per heavy atom. The molecule has 1 aliphatic heterocycles. The summed E-state index contributed by atoms with van der Waals surface area (Å²) in [5.41, 5.74) is 1.36. The van der Waals surface area contributed by atoms with Crippen LogP contribution in [0.15, 0.2) is 30.3 Å². The van der Waals surface area contributed by atoms with Crippen molar-refractivity contribution in [2.45, 2.75) is 45.6 Å². The maximum absolute atomic E-state index is 11.9. The van der Waals surface area contributed by atoms with E-state index in [2.05, 4.69) is 43.4 Å². The zero-order valence-electron chi connectivity index (χ0n) is 11.4. The SMILES string of the molecule is CC(C)C1CCC(CCc2ccccc2)NC1=O. The van der Waals surface area contributed by atoms with E-state index in [4.69, 9.17) is 0 Å². The molecule has 2 heteroatoms. The maximum Gasteiger partial charge on any atom is 0.223 e. The number of benzene rings is 1. The second-order valence-corrected chi connectivity index (χ2v) is 5.66. The molecule has 0 saturated carbocycles. The number of aryl methyl sites for hydroxylation is 1. The summed E-state index contributed by atoms with van der Waals surface area (Å²) < 4.78 is 0. The Hall–Kier alpha value is -1.31. The van der Waals surface area contributed by atoms with Gasteiger partial charge in [-0.2, -0.15) is 0 Å². The maximum atomic E-state index is 11.9. The van der Waals surface area contributed by atoms with Gasteiger partial charge >= 0.3 is 0 Å². The van der Waals surface area contributed by atoms with Crippen molar-refractivity contribution in [3.05, 3.63) is 35.9 Å². The fourth-order valence-electron chi connectivity index (χ4n) is 2.73. The van der Waals surface area contributed by atoms with Crippen molar-refractivity contribution < 1.29 is 4.79 Å². The van der Waals surface area contributed by atoms with Gasteiger partial charge in [0.25, 0.3) is 0 Å². The van der Waals surface area contributed by atoms with Gasteiger partial charge in [-0.15, -0.1) is 0 Å². The highest BCUT2D eigenvalue weighted by Crippen LogP contribution is 2.24. The molecule has 2 unspecified atom stereocenters. The number of piperidine rings is 1. The van der Waals surface area contributed by atoms with Crippen LogP contribution in [0.2, 0.25) is 0 Å². The average Bonchev–Trinajstić information content (AvgIpc) is 2.37. The Labute approximate surface area is 110 Å². The van der Waals surface area contributed by atoms with Gasteiger partial charge in [-0.3, -0.25) is 4.79 Å². The fraction of sp³-hybridized carbons (Fsp3) is 0.562. The normalized spacial score (nSPS) is 24.1. The lowest BCUT2D eigenvalue weighted by atomic mass is 9.84. The predicted molar refractivity (Wildman–Crippen MR) is 74.3 cm³/mol. The van der Waals surface area contributed by atoms with Gasteiger partial charge < -0.3 is 5.32 Å². The summed E-state index contributed by atoms with van der Waals surface area (Å²) in [4.78, 5) is 11.9. The molecule has 2 rings (SSSR count). The minimum absolute atomic E-state index is 0.220. The lowest BCUT2D eigenvalue weighted by Gasteiger charge is -2.31. The molecule has 2 atom stereocenters. The molecule has 1 N–H and O–H groups in total. The molecule has 98 valence electrons. The molecule has 1 aliphatic rings. The number of carbonyl (C=O) groups is 1. The van der Waals surface area contributed by atoms with E-state index in [-0.39, 0.29) is 11.8 Å². The van der Waals surface area contributed by atoms with Crippen molar-refractivity contribution in [3.8, 4) is 0 Å². The van der Waals surface area contributed by atoms with Crippen LogP contribution in [0.1, 0.15) is 38.7 Å². The third-order valence-electron chi connectivity index (χ3n) is 3.94. The first kappa shape index (κ1) is 13.1. The van der Waals surface area contributed by atoms with Crippen LogP contribution in [0, 0.1) is 11.8 Å². The Bertz CT molecular complexity index is 385. The van der Waals surface area contributed by atoms with Crippen LogP contribution in [0.4, 0.5) is 0 Å². The number of hydrogen-bond acceptors (Lipinski definition) is 1. The molecular formula is C16H23NO. The summed E-state index contributed by atoms with van der Waals surface area (Å²) in [6.45, 7) is 4.27. The van der Waals surface area contributed by atoms with Crippen LogP contribution in [-0.2, 0) is 11.2 Å². The first-order chi connectivity index (χ1) is 8.66. The molecule has 1 fully saturated rings. The predicted octanol–water partition coefficient (Wildman–Crippen LogP) is 3.17. The molecule has 18 heavy (non-hydrogen) atoms. The lowest BCUT2D eigenvalue weighted by molar-refractivity contribution is -0.129. The van der Waals surface area contributed by atoms with Crippen LogP contribution in [0.25, 0.3) is 0 Å². The largest absolute Gasteiger partial charge is 0.353 e. The van der Waals surface area contributed by atoms with Crippen LogP contribution >= 0.6 is 0 Å². The van der Waals surface area contributed by atoms with Crippen molar-refractivity contribution in [3.63, 3.8) is 0 Å². The van der Waals surface area contributed by atoms with Crippen LogP contribution in [-0.4, -0.2) is 11.9 Å². The topological polar surface area (TPSA) is 29.1 Å². The van der Waals surface area contributed by atoms with E-state index >= 15 is 0 Å². The van der Waals surface area contributed by atoms with E-state index in [0.29, 0.717) is 12.0 Å². The summed E-state index contributed by atoms with van der Waals surface area (Å²) in [6, 6.07) is 10.9. The van der Waals surface area contributed by atoms with E-state index in [1.807, 2.05) is 6.07 Å². The van der Waals surface area contributed by atoms with E-state index in [0.717, 1.165) is 25.7 Å². The third kappa shape index (κ3) is 3.34. The Morgan fingerprint density at radius 2 is 1.94 bits per heavy atom. The highest BCUT2D eigenvalue weighted by molar-refractivity contribution is 5.79. The molecular weight excluding hydrogens is 222 g/mol. The van der Waals surface area contributed by atoms with Crippen LogP contribution in [0.5, 0.6) is 0 Å². The number of rotatable bonds is 4. The summed E-state index contributed by atoms with van der Waals surface area (Å²) in [5, 5.41) is 3.18. The summed E-state index contributed by atoms with van der Waals surface area (Å²) in [7, 11) is 0. The van der Waals surface area contributed by atoms with Crippen molar-refractivity contribution in [1.82, 2.24) is 5.32 Å². The number of nitrogens with one attached hydrogen (secondary N) is 1. The van der Waals surface area contributed by atoms with Crippen LogP contribution < -0.4 is 5.32 Å². The minimum Gasteiger partial charge on any atom is -0.353 e. The lowest BCUT2D eigenvalue weighted by Crippen LogP contribution is -2.45. The van der Waals surface area contributed by atoms with E-state index in [1.165, 1.54) is 5.56 Å². The molecule has 0 spiro atoms. The van der Waals surface area contributed by atoms with E-state index in [9.17, 15) is 4.79 Å². The second kappa shape index (κ2) is 6.03. The van der Waals surface area contributed by atoms with Crippen molar-refractivity contribution >= 4 is 5.91 Å².